The minimum atomic E-state index is -1.03. The zero-order valence-corrected chi connectivity index (χ0v) is 16.7. The molecular formula is C20H26N4O4. The molecule has 2 aromatic rings. The number of rotatable bonds is 3. The monoisotopic (exact) mass is 386 g/mol. The van der Waals surface area contributed by atoms with Gasteiger partial charge >= 0.3 is 12.1 Å². The van der Waals surface area contributed by atoms with E-state index in [2.05, 4.69) is 14.9 Å². The largest absolute Gasteiger partial charge is 0.478 e. The van der Waals surface area contributed by atoms with Gasteiger partial charge in [0.1, 0.15) is 16.6 Å². The smallest absolute Gasteiger partial charge is 0.410 e. The highest BCUT2D eigenvalue weighted by Gasteiger charge is 2.30. The van der Waals surface area contributed by atoms with Gasteiger partial charge in [-0.3, -0.25) is 9.97 Å². The van der Waals surface area contributed by atoms with E-state index in [1.165, 1.54) is 6.20 Å². The van der Waals surface area contributed by atoms with Gasteiger partial charge < -0.3 is 19.6 Å². The second kappa shape index (κ2) is 7.61. The van der Waals surface area contributed by atoms with Gasteiger partial charge in [-0.05, 0) is 45.7 Å². The molecule has 0 radical (unpaired) electrons. The Morgan fingerprint density at radius 1 is 1.21 bits per heavy atom. The number of amides is 1. The summed E-state index contributed by atoms with van der Waals surface area (Å²) >= 11 is 0. The van der Waals surface area contributed by atoms with Gasteiger partial charge in [0.25, 0.3) is 0 Å². The Bertz CT molecular complexity index is 893. The lowest BCUT2D eigenvalue weighted by molar-refractivity contribution is 0.0199. The molecule has 1 N–H and O–H groups in total. The standard InChI is InChI=1S/C20H26N4O4/c1-20(2,3)28-19(27)24-11-5-6-13(12-24)23(4)15-8-7-14(18(25)26)16-17(15)22-10-9-21-16/h7-10,13H,5-6,11-12H2,1-4H3,(H,25,26). The van der Waals surface area contributed by atoms with E-state index in [9.17, 15) is 14.7 Å². The minimum Gasteiger partial charge on any atom is -0.478 e. The van der Waals surface area contributed by atoms with E-state index in [1.54, 1.807) is 23.2 Å². The Kier molecular flexibility index (Phi) is 5.40. The quantitative estimate of drug-likeness (QED) is 0.865. The van der Waals surface area contributed by atoms with Crippen molar-refractivity contribution in [2.45, 2.75) is 45.3 Å². The summed E-state index contributed by atoms with van der Waals surface area (Å²) in [5, 5.41) is 9.41. The van der Waals surface area contributed by atoms with E-state index in [4.69, 9.17) is 4.74 Å². The number of carbonyl (C=O) groups is 2. The molecular weight excluding hydrogens is 360 g/mol. The predicted molar refractivity (Wildman–Crippen MR) is 106 cm³/mol. The number of piperidine rings is 1. The molecule has 1 aromatic heterocycles. The summed E-state index contributed by atoms with van der Waals surface area (Å²) in [5.41, 5.74) is 1.29. The van der Waals surface area contributed by atoms with E-state index in [0.29, 0.717) is 24.1 Å². The third-order valence-electron chi connectivity index (χ3n) is 4.81. The maximum atomic E-state index is 12.4. The van der Waals surface area contributed by atoms with E-state index < -0.39 is 11.6 Å². The first-order chi connectivity index (χ1) is 13.2. The molecule has 8 heteroatoms. The molecule has 1 unspecified atom stereocenters. The highest BCUT2D eigenvalue weighted by molar-refractivity contribution is 6.04. The van der Waals surface area contributed by atoms with Crippen LogP contribution in [0.25, 0.3) is 11.0 Å². The topological polar surface area (TPSA) is 95.9 Å². The summed E-state index contributed by atoms with van der Waals surface area (Å²) in [6.45, 7) is 6.76. The maximum absolute atomic E-state index is 12.4. The van der Waals surface area contributed by atoms with Crippen molar-refractivity contribution in [2.75, 3.05) is 25.0 Å². The third-order valence-corrected chi connectivity index (χ3v) is 4.81. The summed E-state index contributed by atoms with van der Waals surface area (Å²) < 4.78 is 5.50. The van der Waals surface area contributed by atoms with Gasteiger partial charge in [0.15, 0.2) is 0 Å². The van der Waals surface area contributed by atoms with Crippen LogP contribution in [0, 0.1) is 0 Å². The third kappa shape index (κ3) is 4.16. The summed E-state index contributed by atoms with van der Waals surface area (Å²) in [7, 11) is 1.94. The van der Waals surface area contributed by atoms with Crippen LogP contribution >= 0.6 is 0 Å². The number of hydrogen-bond donors (Lipinski definition) is 1. The molecule has 0 saturated carbocycles. The van der Waals surface area contributed by atoms with Crippen molar-refractivity contribution in [2.24, 2.45) is 0 Å². The van der Waals surface area contributed by atoms with Crippen LogP contribution < -0.4 is 4.90 Å². The molecule has 0 bridgehead atoms. The van der Waals surface area contributed by atoms with Crippen molar-refractivity contribution in [3.8, 4) is 0 Å². The van der Waals surface area contributed by atoms with Crippen LogP contribution in [0.2, 0.25) is 0 Å². The second-order valence-electron chi connectivity index (χ2n) is 8.02. The molecule has 1 saturated heterocycles. The minimum absolute atomic E-state index is 0.0714. The van der Waals surface area contributed by atoms with Crippen molar-refractivity contribution in [1.29, 1.82) is 0 Å². The van der Waals surface area contributed by atoms with Crippen LogP contribution in [0.5, 0.6) is 0 Å². The number of carboxylic acids is 1. The molecule has 150 valence electrons. The number of ether oxygens (including phenoxy) is 1. The van der Waals surface area contributed by atoms with Crippen LogP contribution in [0.3, 0.4) is 0 Å². The lowest BCUT2D eigenvalue weighted by atomic mass is 10.0. The number of fused-ring (bicyclic) bond motifs is 1. The van der Waals surface area contributed by atoms with Crippen LogP contribution in [0.15, 0.2) is 24.5 Å². The molecule has 2 heterocycles. The number of anilines is 1. The maximum Gasteiger partial charge on any atom is 0.410 e. The predicted octanol–water partition coefficient (Wildman–Crippen LogP) is 3.16. The molecule has 1 atom stereocenters. The van der Waals surface area contributed by atoms with Gasteiger partial charge in [0.2, 0.25) is 0 Å². The van der Waals surface area contributed by atoms with Gasteiger partial charge in [-0.15, -0.1) is 0 Å². The molecule has 1 amide bonds. The average Bonchev–Trinajstić information content (AvgIpc) is 2.65. The number of aromatic carboxylic acids is 1. The first kappa shape index (κ1) is 19.9. The highest BCUT2D eigenvalue weighted by atomic mass is 16.6. The molecule has 3 rings (SSSR count). The van der Waals surface area contributed by atoms with Crippen molar-refractivity contribution < 1.29 is 19.4 Å². The number of benzene rings is 1. The zero-order valence-electron chi connectivity index (χ0n) is 16.7. The lowest BCUT2D eigenvalue weighted by Crippen LogP contribution is -2.50. The van der Waals surface area contributed by atoms with Crippen LogP contribution in [-0.2, 0) is 4.74 Å². The summed E-state index contributed by atoms with van der Waals surface area (Å²) in [6, 6.07) is 3.38. The van der Waals surface area contributed by atoms with Crippen LogP contribution in [0.1, 0.15) is 44.0 Å². The number of likely N-dealkylation sites (N-methyl/N-ethyl adjacent to an activating group) is 1. The molecule has 1 aliphatic heterocycles. The van der Waals surface area contributed by atoms with E-state index in [-0.39, 0.29) is 17.7 Å². The Labute approximate surface area is 164 Å². The van der Waals surface area contributed by atoms with Gasteiger partial charge in [-0.2, -0.15) is 0 Å². The van der Waals surface area contributed by atoms with Crippen molar-refractivity contribution >= 4 is 28.8 Å². The summed E-state index contributed by atoms with van der Waals surface area (Å²) in [6.07, 6.45) is 4.52. The summed E-state index contributed by atoms with van der Waals surface area (Å²) in [4.78, 5) is 36.3. The Morgan fingerprint density at radius 3 is 2.54 bits per heavy atom. The van der Waals surface area contributed by atoms with Crippen molar-refractivity contribution in [1.82, 2.24) is 14.9 Å². The molecule has 8 nitrogen and oxygen atoms in total. The zero-order chi connectivity index (χ0) is 20.5. The Hall–Kier alpha value is -2.90. The first-order valence-corrected chi connectivity index (χ1v) is 9.35. The van der Waals surface area contributed by atoms with Crippen LogP contribution in [-0.4, -0.2) is 63.8 Å². The van der Waals surface area contributed by atoms with Gasteiger partial charge in [0.05, 0.1) is 11.3 Å². The average molecular weight is 386 g/mol. The van der Waals surface area contributed by atoms with Gasteiger partial charge in [-0.1, -0.05) is 0 Å². The molecule has 1 aliphatic rings. The van der Waals surface area contributed by atoms with Gasteiger partial charge in [-0.25, -0.2) is 9.59 Å². The molecule has 0 aliphatic carbocycles. The fourth-order valence-electron chi connectivity index (χ4n) is 3.46. The molecule has 0 spiro atoms. The van der Waals surface area contributed by atoms with Crippen LogP contribution in [0.4, 0.5) is 10.5 Å². The van der Waals surface area contributed by atoms with Crippen molar-refractivity contribution in [3.63, 3.8) is 0 Å². The normalized spacial score (nSPS) is 17.4. The Balaban J connectivity index is 1.86. The van der Waals surface area contributed by atoms with Crippen molar-refractivity contribution in [3.05, 3.63) is 30.1 Å². The second-order valence-corrected chi connectivity index (χ2v) is 8.02. The number of hydrogen-bond acceptors (Lipinski definition) is 6. The number of nitrogens with zero attached hydrogens (tertiary/aromatic N) is 4. The fourth-order valence-corrected chi connectivity index (χ4v) is 3.46. The number of aromatic nitrogens is 2. The molecule has 1 fully saturated rings. The number of likely N-dealkylation sites (tertiary alicyclic amines) is 1. The Morgan fingerprint density at radius 2 is 1.89 bits per heavy atom. The number of carboxylic acid groups (broad SMARTS) is 1. The van der Waals surface area contributed by atoms with E-state index in [0.717, 1.165) is 18.5 Å². The summed E-state index contributed by atoms with van der Waals surface area (Å²) in [5.74, 6) is -1.03. The molecule has 28 heavy (non-hydrogen) atoms. The lowest BCUT2D eigenvalue weighted by Gasteiger charge is -2.39. The van der Waals surface area contributed by atoms with Gasteiger partial charge in [0, 0.05) is 38.6 Å². The number of carbonyl (C=O) groups excluding carboxylic acids is 1. The SMILES string of the molecule is CN(c1ccc(C(=O)O)c2nccnc12)C1CCCN(C(=O)OC(C)(C)C)C1. The fraction of sp³-hybridized carbons (Fsp3) is 0.500. The molecule has 1 aromatic carbocycles. The highest BCUT2D eigenvalue weighted by Crippen LogP contribution is 2.29. The van der Waals surface area contributed by atoms with E-state index in [1.807, 2.05) is 27.8 Å². The first-order valence-electron chi connectivity index (χ1n) is 9.35. The van der Waals surface area contributed by atoms with E-state index >= 15 is 0 Å².